The van der Waals surface area contributed by atoms with Crippen LogP contribution in [0.5, 0.6) is 0 Å². The van der Waals surface area contributed by atoms with Gasteiger partial charge in [0, 0.05) is 11.3 Å². The maximum absolute atomic E-state index is 11.6. The van der Waals surface area contributed by atoms with Gasteiger partial charge in [-0.2, -0.15) is 0 Å². The summed E-state index contributed by atoms with van der Waals surface area (Å²) in [6, 6.07) is 0. The van der Waals surface area contributed by atoms with Gasteiger partial charge < -0.3 is 0 Å². The summed E-state index contributed by atoms with van der Waals surface area (Å²) in [5.41, 5.74) is -0.112. The third kappa shape index (κ3) is 1.67. The van der Waals surface area contributed by atoms with E-state index in [9.17, 15) is 9.59 Å². The normalized spacial score (nSPS) is 25.0. The topological polar surface area (TPSA) is 34.1 Å². The van der Waals surface area contributed by atoms with Crippen molar-refractivity contribution in [1.82, 2.24) is 0 Å². The van der Waals surface area contributed by atoms with Gasteiger partial charge in [0.1, 0.15) is 11.6 Å². The number of Topliss-reactive ketones (excluding diaryl/α,β-unsaturated/α-hetero) is 2. The molecule has 0 spiro atoms. The van der Waals surface area contributed by atoms with Crippen molar-refractivity contribution in [3.05, 3.63) is 0 Å². The molecule has 72 valence electrons. The van der Waals surface area contributed by atoms with E-state index in [0.29, 0.717) is 0 Å². The third-order valence-electron chi connectivity index (χ3n) is 3.57. The Bertz CT molecular complexity index is 247. The van der Waals surface area contributed by atoms with E-state index in [1.165, 1.54) is 6.42 Å². The average Bonchev–Trinajstić information content (AvgIpc) is 2.64. The van der Waals surface area contributed by atoms with Crippen molar-refractivity contribution >= 4 is 11.6 Å². The smallest absolute Gasteiger partial charge is 0.146 e. The van der Waals surface area contributed by atoms with Crippen LogP contribution in [-0.2, 0) is 9.59 Å². The van der Waals surface area contributed by atoms with Crippen molar-refractivity contribution in [1.29, 1.82) is 0 Å². The van der Waals surface area contributed by atoms with Crippen LogP contribution in [0.1, 0.15) is 45.4 Å². The summed E-state index contributed by atoms with van der Waals surface area (Å²) >= 11 is 0. The fourth-order valence-corrected chi connectivity index (χ4v) is 1.71. The molecule has 0 atom stereocenters. The van der Waals surface area contributed by atoms with Crippen molar-refractivity contribution in [2.45, 2.75) is 45.4 Å². The summed E-state index contributed by atoms with van der Waals surface area (Å²) in [6.07, 6.45) is 5.39. The molecule has 0 aromatic rings. The second kappa shape index (κ2) is 2.93. The van der Waals surface area contributed by atoms with Crippen molar-refractivity contribution in [3.8, 4) is 0 Å². The second-order valence-corrected chi connectivity index (χ2v) is 4.75. The van der Waals surface area contributed by atoms with Crippen molar-refractivity contribution in [2.75, 3.05) is 0 Å². The zero-order chi connectivity index (χ0) is 9.47. The Morgan fingerprint density at radius 3 is 2.31 bits per heavy atom. The molecule has 2 saturated carbocycles. The highest BCUT2D eigenvalue weighted by molar-refractivity contribution is 6.03. The van der Waals surface area contributed by atoms with Crippen molar-refractivity contribution < 1.29 is 9.59 Å². The van der Waals surface area contributed by atoms with E-state index < -0.39 is 0 Å². The molecule has 2 fully saturated rings. The largest absolute Gasteiger partial charge is 0.299 e. The van der Waals surface area contributed by atoms with Gasteiger partial charge in [-0.3, -0.25) is 9.59 Å². The maximum Gasteiger partial charge on any atom is 0.146 e. The molecule has 0 amide bonds. The highest BCUT2D eigenvalue weighted by atomic mass is 16.1. The number of carbonyl (C=O) groups excluding carboxylic acids is 2. The number of hydrogen-bond donors (Lipinski definition) is 0. The lowest BCUT2D eigenvalue weighted by atomic mass is 9.79. The molecular weight excluding hydrogens is 164 g/mol. The molecule has 0 aromatic heterocycles. The predicted molar refractivity (Wildman–Crippen MR) is 49.3 cm³/mol. The molecule has 0 saturated heterocycles. The molecule has 2 heteroatoms. The fraction of sp³-hybridized carbons (Fsp3) is 0.818. The van der Waals surface area contributed by atoms with Crippen LogP contribution in [0.25, 0.3) is 0 Å². The summed E-state index contributed by atoms with van der Waals surface area (Å²) in [4.78, 5) is 23.1. The Balaban J connectivity index is 1.83. The van der Waals surface area contributed by atoms with E-state index in [4.69, 9.17) is 0 Å². The summed E-state index contributed by atoms with van der Waals surface area (Å²) in [5.74, 6) is 0.611. The average molecular weight is 180 g/mol. The minimum absolute atomic E-state index is 0.112. The Labute approximate surface area is 78.7 Å². The molecule has 0 N–H and O–H groups in total. The van der Waals surface area contributed by atoms with Crippen LogP contribution >= 0.6 is 0 Å². The molecule has 13 heavy (non-hydrogen) atoms. The molecule has 2 aliphatic carbocycles. The lowest BCUT2D eigenvalue weighted by Crippen LogP contribution is -2.26. The fourth-order valence-electron chi connectivity index (χ4n) is 1.71. The lowest BCUT2D eigenvalue weighted by Gasteiger charge is -2.23. The number of rotatable bonds is 4. The molecule has 0 aromatic carbocycles. The van der Waals surface area contributed by atoms with E-state index in [1.54, 1.807) is 0 Å². The monoisotopic (exact) mass is 180 g/mol. The predicted octanol–water partition coefficient (Wildman–Crippen LogP) is 2.11. The minimum Gasteiger partial charge on any atom is -0.299 e. The summed E-state index contributed by atoms with van der Waals surface area (Å²) < 4.78 is 0. The summed E-state index contributed by atoms with van der Waals surface area (Å²) in [5, 5.41) is 0. The van der Waals surface area contributed by atoms with Gasteiger partial charge in [-0.25, -0.2) is 0 Å². The SMILES string of the molecule is CC1(C(=O)CC(=O)C2CCC2)CC1. The molecule has 2 nitrogen and oxygen atoms in total. The Hall–Kier alpha value is -0.660. The summed E-state index contributed by atoms with van der Waals surface area (Å²) in [6.45, 7) is 1.98. The molecule has 0 radical (unpaired) electrons. The van der Waals surface area contributed by atoms with Crippen LogP contribution in [-0.4, -0.2) is 11.6 Å². The van der Waals surface area contributed by atoms with Gasteiger partial charge in [0.2, 0.25) is 0 Å². The van der Waals surface area contributed by atoms with Gasteiger partial charge in [-0.05, 0) is 25.7 Å². The van der Waals surface area contributed by atoms with E-state index in [0.717, 1.165) is 25.7 Å². The zero-order valence-corrected chi connectivity index (χ0v) is 8.14. The van der Waals surface area contributed by atoms with Crippen molar-refractivity contribution in [3.63, 3.8) is 0 Å². The summed E-state index contributed by atoms with van der Waals surface area (Å²) in [7, 11) is 0. The van der Waals surface area contributed by atoms with Gasteiger partial charge in [0.05, 0.1) is 6.42 Å². The molecule has 2 rings (SSSR count). The third-order valence-corrected chi connectivity index (χ3v) is 3.57. The zero-order valence-electron chi connectivity index (χ0n) is 8.14. The van der Waals surface area contributed by atoms with E-state index in [1.807, 2.05) is 6.92 Å². The number of ketones is 2. The van der Waals surface area contributed by atoms with Gasteiger partial charge in [0.25, 0.3) is 0 Å². The molecule has 0 aliphatic heterocycles. The molecule has 0 heterocycles. The Morgan fingerprint density at radius 2 is 1.92 bits per heavy atom. The minimum atomic E-state index is -0.112. The van der Waals surface area contributed by atoms with Gasteiger partial charge in [-0.15, -0.1) is 0 Å². The van der Waals surface area contributed by atoms with Crippen LogP contribution in [0.2, 0.25) is 0 Å². The first-order chi connectivity index (χ1) is 6.12. The second-order valence-electron chi connectivity index (χ2n) is 4.75. The molecular formula is C11H16O2. The number of carbonyl (C=O) groups is 2. The van der Waals surface area contributed by atoms with Crippen LogP contribution < -0.4 is 0 Å². The van der Waals surface area contributed by atoms with Gasteiger partial charge in [0.15, 0.2) is 0 Å². The standard InChI is InChI=1S/C11H16O2/c1-11(5-6-11)10(13)7-9(12)8-3-2-4-8/h8H,2-7H2,1H3. The first-order valence-electron chi connectivity index (χ1n) is 5.18. The molecule has 0 bridgehead atoms. The molecule has 0 unspecified atom stereocenters. The Kier molecular flexibility index (Phi) is 2.01. The lowest BCUT2D eigenvalue weighted by molar-refractivity contribution is -0.133. The first-order valence-corrected chi connectivity index (χ1v) is 5.18. The highest BCUT2D eigenvalue weighted by Crippen LogP contribution is 2.47. The van der Waals surface area contributed by atoms with Crippen LogP contribution in [0.3, 0.4) is 0 Å². The molecule has 2 aliphatic rings. The Morgan fingerprint density at radius 1 is 1.31 bits per heavy atom. The van der Waals surface area contributed by atoms with Gasteiger partial charge >= 0.3 is 0 Å². The van der Waals surface area contributed by atoms with E-state index in [-0.39, 0.29) is 29.3 Å². The van der Waals surface area contributed by atoms with E-state index >= 15 is 0 Å². The van der Waals surface area contributed by atoms with Gasteiger partial charge in [-0.1, -0.05) is 13.3 Å². The quantitative estimate of drug-likeness (QED) is 0.621. The maximum atomic E-state index is 11.6. The van der Waals surface area contributed by atoms with Crippen LogP contribution in [0.15, 0.2) is 0 Å². The highest BCUT2D eigenvalue weighted by Gasteiger charge is 2.45. The number of hydrogen-bond acceptors (Lipinski definition) is 2. The van der Waals surface area contributed by atoms with Crippen LogP contribution in [0.4, 0.5) is 0 Å². The van der Waals surface area contributed by atoms with E-state index in [2.05, 4.69) is 0 Å². The van der Waals surface area contributed by atoms with Crippen molar-refractivity contribution in [2.24, 2.45) is 11.3 Å². The first kappa shape index (κ1) is 8.92. The van der Waals surface area contributed by atoms with Crippen LogP contribution in [0, 0.1) is 11.3 Å².